The molecule has 0 saturated carbocycles. The van der Waals surface area contributed by atoms with Gasteiger partial charge in [0.05, 0.1) is 4.90 Å². The van der Waals surface area contributed by atoms with E-state index in [1.165, 1.54) is 31.4 Å². The molecule has 0 fully saturated rings. The van der Waals surface area contributed by atoms with E-state index in [4.69, 9.17) is 0 Å². The average Bonchev–Trinajstić information content (AvgIpc) is 2.86. The van der Waals surface area contributed by atoms with E-state index in [1.807, 2.05) is 6.92 Å². The normalized spacial score (nSPS) is 11.6. The lowest BCUT2D eigenvalue weighted by Gasteiger charge is -2.17. The molecular formula is C13H15N3O3S2. The highest BCUT2D eigenvalue weighted by Crippen LogP contribution is 2.14. The number of carbonyl (C=O) groups excluding carboxylic acids is 1. The molecule has 0 aliphatic heterocycles. The molecular weight excluding hydrogens is 310 g/mol. The molecule has 8 heteroatoms. The van der Waals surface area contributed by atoms with Crippen LogP contribution >= 0.6 is 12.6 Å². The summed E-state index contributed by atoms with van der Waals surface area (Å²) in [4.78, 5) is 15.3. The highest BCUT2D eigenvalue weighted by atomic mass is 32.2. The van der Waals surface area contributed by atoms with Crippen molar-refractivity contribution in [3.8, 4) is 0 Å². The molecule has 6 nitrogen and oxygen atoms in total. The Bertz CT molecular complexity index is 751. The van der Waals surface area contributed by atoms with Crippen molar-refractivity contribution in [2.45, 2.75) is 16.7 Å². The van der Waals surface area contributed by atoms with Crippen LogP contribution in [0.3, 0.4) is 0 Å². The molecule has 1 amide bonds. The van der Waals surface area contributed by atoms with Crippen LogP contribution in [-0.4, -0.2) is 30.8 Å². The Kier molecular flexibility index (Phi) is 4.40. The number of H-pyrrole nitrogens is 1. The second-order valence-electron chi connectivity index (χ2n) is 4.50. The van der Waals surface area contributed by atoms with E-state index < -0.39 is 15.9 Å². The Balaban J connectivity index is 2.17. The van der Waals surface area contributed by atoms with Gasteiger partial charge >= 0.3 is 0 Å². The van der Waals surface area contributed by atoms with Gasteiger partial charge in [0.15, 0.2) is 0 Å². The van der Waals surface area contributed by atoms with Crippen LogP contribution in [0.15, 0.2) is 46.3 Å². The number of thiol groups is 1. The molecule has 2 N–H and O–H groups in total. The third-order valence-electron chi connectivity index (χ3n) is 2.85. The fourth-order valence-corrected chi connectivity index (χ4v) is 2.84. The Morgan fingerprint density at radius 2 is 1.90 bits per heavy atom. The van der Waals surface area contributed by atoms with Crippen LogP contribution in [-0.2, 0) is 10.0 Å². The van der Waals surface area contributed by atoms with Gasteiger partial charge in [-0.1, -0.05) is 17.7 Å². The van der Waals surface area contributed by atoms with Crippen molar-refractivity contribution >= 4 is 28.6 Å². The maximum atomic E-state index is 12.3. The Morgan fingerprint density at radius 1 is 1.29 bits per heavy atom. The van der Waals surface area contributed by atoms with E-state index in [2.05, 4.69) is 23.0 Å². The fraction of sp³-hybridized carbons (Fsp3) is 0.154. The van der Waals surface area contributed by atoms with E-state index in [9.17, 15) is 13.2 Å². The molecule has 0 radical (unpaired) electrons. The number of rotatable bonds is 4. The highest BCUT2D eigenvalue weighted by molar-refractivity contribution is 7.89. The third kappa shape index (κ3) is 3.46. The predicted octanol–water partition coefficient (Wildman–Crippen LogP) is 1.58. The van der Waals surface area contributed by atoms with Crippen LogP contribution in [0.4, 0.5) is 0 Å². The number of carbonyl (C=O) groups is 1. The van der Waals surface area contributed by atoms with Crippen molar-refractivity contribution in [3.05, 3.63) is 47.8 Å². The summed E-state index contributed by atoms with van der Waals surface area (Å²) in [5.41, 5.74) is 3.48. The van der Waals surface area contributed by atoms with Gasteiger partial charge in [-0.2, -0.15) is 0 Å². The summed E-state index contributed by atoms with van der Waals surface area (Å²) in [7, 11) is -2.51. The summed E-state index contributed by atoms with van der Waals surface area (Å²) >= 11 is 4.07. The van der Waals surface area contributed by atoms with Crippen molar-refractivity contribution < 1.29 is 13.2 Å². The smallest absolute Gasteiger partial charge is 0.282 e. The van der Waals surface area contributed by atoms with Gasteiger partial charge in [-0.15, -0.1) is 17.0 Å². The number of amides is 1. The summed E-state index contributed by atoms with van der Waals surface area (Å²) in [6.45, 7) is 1.86. The first-order valence-electron chi connectivity index (χ1n) is 6.04. The summed E-state index contributed by atoms with van der Waals surface area (Å²) in [5, 5.41) is 0. The molecule has 1 aromatic heterocycles. The number of nitrogens with zero attached hydrogens (tertiary/aromatic N) is 1. The lowest BCUT2D eigenvalue weighted by atomic mass is 10.2. The monoisotopic (exact) mass is 325 g/mol. The number of sulfonamides is 1. The molecule has 2 rings (SSSR count). The van der Waals surface area contributed by atoms with E-state index in [0.717, 1.165) is 9.98 Å². The Labute approximate surface area is 128 Å². The summed E-state index contributed by atoms with van der Waals surface area (Å²) in [5.74, 6) is -0.562. The zero-order valence-electron chi connectivity index (χ0n) is 11.5. The molecule has 21 heavy (non-hydrogen) atoms. The van der Waals surface area contributed by atoms with Gasteiger partial charge in [-0.05, 0) is 25.1 Å². The minimum atomic E-state index is -3.78. The molecule has 0 atom stereocenters. The number of benzene rings is 1. The van der Waals surface area contributed by atoms with Gasteiger partial charge in [0, 0.05) is 18.1 Å². The number of nitrogens with one attached hydrogen (secondary N) is 2. The molecule has 1 aromatic carbocycles. The van der Waals surface area contributed by atoms with Crippen LogP contribution in [0.1, 0.15) is 16.1 Å². The topological polar surface area (TPSA) is 82.3 Å². The van der Waals surface area contributed by atoms with E-state index in [1.54, 1.807) is 12.1 Å². The minimum absolute atomic E-state index is 0.109. The first-order valence-corrected chi connectivity index (χ1v) is 7.93. The molecule has 0 aliphatic carbocycles. The number of aryl methyl sites for hydroxylation is 1. The number of hydrogen-bond acceptors (Lipinski definition) is 4. The molecule has 0 spiro atoms. The number of aromatic nitrogens is 1. The molecule has 0 bridgehead atoms. The lowest BCUT2D eigenvalue weighted by Crippen LogP contribution is -2.43. The summed E-state index contributed by atoms with van der Waals surface area (Å²) in [6.07, 6.45) is 1.53. The van der Waals surface area contributed by atoms with Gasteiger partial charge < -0.3 is 4.98 Å². The second-order valence-corrected chi connectivity index (χ2v) is 6.98. The summed E-state index contributed by atoms with van der Waals surface area (Å²) < 4.78 is 25.4. The SMILES string of the molecule is Cc1ccc(S(=O)(=O)N(C)NC(=O)c2cc(S)c[nH]2)cc1. The largest absolute Gasteiger partial charge is 0.356 e. The first-order chi connectivity index (χ1) is 9.80. The van der Waals surface area contributed by atoms with E-state index >= 15 is 0 Å². The highest BCUT2D eigenvalue weighted by Gasteiger charge is 2.23. The third-order valence-corrected chi connectivity index (χ3v) is 4.79. The van der Waals surface area contributed by atoms with E-state index in [-0.39, 0.29) is 10.6 Å². The molecule has 112 valence electrons. The van der Waals surface area contributed by atoms with Crippen molar-refractivity contribution in [1.29, 1.82) is 0 Å². The van der Waals surface area contributed by atoms with Gasteiger partial charge in [-0.3, -0.25) is 10.2 Å². The molecule has 1 heterocycles. The summed E-state index contributed by atoms with van der Waals surface area (Å²) in [6, 6.07) is 7.88. The van der Waals surface area contributed by atoms with Gasteiger partial charge in [0.25, 0.3) is 15.9 Å². The molecule has 0 unspecified atom stereocenters. The number of hydrogen-bond donors (Lipinski definition) is 3. The molecule has 0 aliphatic rings. The van der Waals surface area contributed by atoms with Crippen LogP contribution < -0.4 is 5.43 Å². The van der Waals surface area contributed by atoms with Crippen LogP contribution in [0, 0.1) is 6.92 Å². The predicted molar refractivity (Wildman–Crippen MR) is 81.6 cm³/mol. The zero-order valence-corrected chi connectivity index (χ0v) is 13.2. The molecule has 0 saturated heterocycles. The maximum absolute atomic E-state index is 12.3. The van der Waals surface area contributed by atoms with Crippen molar-refractivity contribution in [2.24, 2.45) is 0 Å². The number of aromatic amines is 1. The number of hydrazine groups is 1. The first kappa shape index (κ1) is 15.6. The van der Waals surface area contributed by atoms with E-state index in [0.29, 0.717) is 4.90 Å². The van der Waals surface area contributed by atoms with Crippen molar-refractivity contribution in [1.82, 2.24) is 14.8 Å². The minimum Gasteiger partial charge on any atom is -0.356 e. The lowest BCUT2D eigenvalue weighted by molar-refractivity contribution is 0.0889. The van der Waals surface area contributed by atoms with Gasteiger partial charge in [0.2, 0.25) is 0 Å². The Hall–Kier alpha value is -1.77. The van der Waals surface area contributed by atoms with Crippen LogP contribution in [0.25, 0.3) is 0 Å². The quantitative estimate of drug-likeness (QED) is 0.589. The van der Waals surface area contributed by atoms with Crippen LogP contribution in [0.2, 0.25) is 0 Å². The van der Waals surface area contributed by atoms with Crippen molar-refractivity contribution in [2.75, 3.05) is 7.05 Å². The maximum Gasteiger partial charge on any atom is 0.282 e. The average molecular weight is 325 g/mol. The molecule has 2 aromatic rings. The Morgan fingerprint density at radius 3 is 2.43 bits per heavy atom. The van der Waals surface area contributed by atoms with Gasteiger partial charge in [0.1, 0.15) is 5.69 Å². The van der Waals surface area contributed by atoms with Crippen LogP contribution in [0.5, 0.6) is 0 Å². The second kappa shape index (κ2) is 5.92. The fourth-order valence-electron chi connectivity index (χ4n) is 1.65. The standard InChI is InChI=1S/C13H15N3O3S2/c1-9-3-5-11(6-4-9)21(18,19)16(2)15-13(17)12-7-10(20)8-14-12/h3-8,14,20H,1-2H3,(H,15,17). The zero-order chi connectivity index (χ0) is 15.6. The van der Waals surface area contributed by atoms with Crippen molar-refractivity contribution in [3.63, 3.8) is 0 Å². The van der Waals surface area contributed by atoms with Gasteiger partial charge in [-0.25, -0.2) is 8.42 Å².